The van der Waals surface area contributed by atoms with Crippen molar-refractivity contribution in [3.8, 4) is 0 Å². The molecule has 1 amide bonds. The second-order valence-electron chi connectivity index (χ2n) is 4.32. The zero-order valence-corrected chi connectivity index (χ0v) is 12.1. The topological polar surface area (TPSA) is 72.7 Å². The first-order valence-electron chi connectivity index (χ1n) is 6.15. The lowest BCUT2D eigenvalue weighted by molar-refractivity contribution is -0.609. The van der Waals surface area contributed by atoms with Gasteiger partial charge < -0.3 is 4.74 Å². The van der Waals surface area contributed by atoms with Crippen molar-refractivity contribution in [1.29, 1.82) is 0 Å². The maximum atomic E-state index is 12.3. The van der Waals surface area contributed by atoms with Gasteiger partial charge in [0, 0.05) is 0 Å². The summed E-state index contributed by atoms with van der Waals surface area (Å²) in [5.74, 6) is 0. The third-order valence-corrected chi connectivity index (χ3v) is 3.29. The lowest BCUT2D eigenvalue weighted by Gasteiger charge is -2.40. The maximum Gasteiger partial charge on any atom is 0.488 e. The molecule has 0 aliphatic carbocycles. The highest BCUT2D eigenvalue weighted by Gasteiger charge is 2.79. The Bertz CT molecular complexity index is 388. The molecule has 0 aromatic carbocycles. The molecule has 0 saturated heterocycles. The molecule has 21 heavy (non-hydrogen) atoms. The number of carbonyl (C=O) groups excluding carboxylic acids is 1. The first-order chi connectivity index (χ1) is 9.29. The standard InChI is InChI=1S/C9H17F5N2O4S/c1-2-3-4-5-6-7-8-20-9(17)15(16(18)19)21(10,11,12,13)14/h2-8H2,1H3. The quantitative estimate of drug-likeness (QED) is 0.250. The van der Waals surface area contributed by atoms with Crippen molar-refractivity contribution in [2.75, 3.05) is 6.61 Å². The van der Waals surface area contributed by atoms with Crippen LogP contribution in [0.3, 0.4) is 0 Å². The monoisotopic (exact) mass is 344 g/mol. The van der Waals surface area contributed by atoms with Crippen LogP contribution in [-0.4, -0.2) is 22.1 Å². The summed E-state index contributed by atoms with van der Waals surface area (Å²) in [6.45, 7) is 1.39. The first-order valence-corrected chi connectivity index (χ1v) is 8.06. The van der Waals surface area contributed by atoms with E-state index in [1.807, 2.05) is 6.92 Å². The van der Waals surface area contributed by atoms with Gasteiger partial charge in [-0.15, -0.1) is 0 Å². The molecule has 0 aliphatic rings. The third-order valence-electron chi connectivity index (χ3n) is 2.35. The van der Waals surface area contributed by atoms with Crippen molar-refractivity contribution >= 4 is 16.5 Å². The number of carbonyl (C=O) groups is 1. The van der Waals surface area contributed by atoms with Crippen LogP contribution >= 0.6 is 10.4 Å². The second kappa shape index (κ2) is 6.20. The number of amides is 1. The van der Waals surface area contributed by atoms with E-state index in [4.69, 9.17) is 0 Å². The Morgan fingerprint density at radius 3 is 2.00 bits per heavy atom. The predicted octanol–water partition coefficient (Wildman–Crippen LogP) is 5.19. The number of hydrazine groups is 1. The smallest absolute Gasteiger partial charge is 0.445 e. The third kappa shape index (κ3) is 7.87. The van der Waals surface area contributed by atoms with Crippen molar-refractivity contribution < 1.29 is 34.0 Å². The van der Waals surface area contributed by atoms with Gasteiger partial charge in [-0.1, -0.05) is 58.5 Å². The van der Waals surface area contributed by atoms with E-state index < -0.39 is 32.6 Å². The molecule has 0 unspecified atom stereocenters. The Morgan fingerprint density at radius 1 is 1.10 bits per heavy atom. The summed E-state index contributed by atoms with van der Waals surface area (Å²) in [7, 11) is -10.8. The summed E-state index contributed by atoms with van der Waals surface area (Å²) in [4.78, 5) is 20.9. The number of nitrogens with zero attached hydrogens (tertiary/aromatic N) is 2. The number of hydrogen-bond donors (Lipinski definition) is 0. The molecule has 0 spiro atoms. The van der Waals surface area contributed by atoms with Gasteiger partial charge in [-0.3, -0.25) is 0 Å². The van der Waals surface area contributed by atoms with E-state index in [2.05, 4.69) is 4.74 Å². The van der Waals surface area contributed by atoms with Gasteiger partial charge in [0.05, 0.1) is 6.61 Å². The molecule has 0 atom stereocenters. The highest BCUT2D eigenvalue weighted by atomic mass is 32.5. The van der Waals surface area contributed by atoms with Gasteiger partial charge >= 0.3 is 16.5 Å². The van der Waals surface area contributed by atoms with Crippen molar-refractivity contribution in [3.63, 3.8) is 0 Å². The van der Waals surface area contributed by atoms with E-state index in [0.29, 0.717) is 6.42 Å². The second-order valence-corrected chi connectivity index (χ2v) is 6.52. The lowest BCUT2D eigenvalue weighted by atomic mass is 10.1. The Kier molecular flexibility index (Phi) is 5.80. The molecule has 128 valence electrons. The van der Waals surface area contributed by atoms with E-state index in [0.717, 1.165) is 25.7 Å². The minimum atomic E-state index is -10.8. The highest BCUT2D eigenvalue weighted by Crippen LogP contribution is 2.99. The molecular formula is C9H17F5N2O4S. The van der Waals surface area contributed by atoms with Gasteiger partial charge in [-0.05, 0) is 6.42 Å². The molecule has 0 rings (SSSR count). The summed E-state index contributed by atoms with van der Waals surface area (Å²) in [5.41, 5.74) is 0. The van der Waals surface area contributed by atoms with Crippen molar-refractivity contribution in [3.05, 3.63) is 10.1 Å². The minimum Gasteiger partial charge on any atom is -0.445 e. The molecule has 0 fully saturated rings. The number of halogens is 5. The molecule has 0 aromatic heterocycles. The Morgan fingerprint density at radius 2 is 1.57 bits per heavy atom. The fourth-order valence-corrected chi connectivity index (χ4v) is 2.02. The average Bonchev–Trinajstić information content (AvgIpc) is 2.23. The van der Waals surface area contributed by atoms with Gasteiger partial charge in [0.1, 0.15) is 4.41 Å². The Balaban J connectivity index is 4.40. The van der Waals surface area contributed by atoms with Crippen LogP contribution in [-0.2, 0) is 4.74 Å². The van der Waals surface area contributed by atoms with Crippen LogP contribution in [0.25, 0.3) is 0 Å². The van der Waals surface area contributed by atoms with Gasteiger partial charge in [0.15, 0.2) is 5.03 Å². The molecule has 0 aromatic rings. The normalized spacial score (nSPS) is 15.0. The predicted molar refractivity (Wildman–Crippen MR) is 66.7 cm³/mol. The molecule has 0 N–H and O–H groups in total. The van der Waals surface area contributed by atoms with Gasteiger partial charge in [-0.2, -0.15) is 0 Å². The SMILES string of the molecule is CCCCCCCCOC(=O)N([N+](=O)[O-])S(F)(F)(F)(F)F. The molecule has 0 aliphatic heterocycles. The first kappa shape index (κ1) is 19.7. The Labute approximate surface area is 118 Å². The summed E-state index contributed by atoms with van der Waals surface area (Å²) < 4.78 is 62.7. The van der Waals surface area contributed by atoms with E-state index in [1.165, 1.54) is 0 Å². The van der Waals surface area contributed by atoms with Crippen LogP contribution in [0, 0.1) is 10.1 Å². The van der Waals surface area contributed by atoms with Crippen molar-refractivity contribution in [1.82, 2.24) is 4.41 Å². The van der Waals surface area contributed by atoms with E-state index in [9.17, 15) is 34.3 Å². The number of nitro groups is 1. The number of hydrogen-bond acceptors (Lipinski definition) is 4. The largest absolute Gasteiger partial charge is 0.488 e. The fraction of sp³-hybridized carbons (Fsp3) is 0.889. The summed E-state index contributed by atoms with van der Waals surface area (Å²) in [6.07, 6.45) is 1.51. The van der Waals surface area contributed by atoms with Crippen molar-refractivity contribution in [2.24, 2.45) is 0 Å². The van der Waals surface area contributed by atoms with E-state index in [1.54, 1.807) is 0 Å². The van der Waals surface area contributed by atoms with Crippen LogP contribution in [0.4, 0.5) is 24.2 Å². The lowest BCUT2D eigenvalue weighted by Crippen LogP contribution is -2.44. The van der Waals surface area contributed by atoms with Gasteiger partial charge in [-0.25, -0.2) is 14.9 Å². The summed E-state index contributed by atoms with van der Waals surface area (Å²) in [5, 5.41) is 7.54. The number of unbranched alkanes of at least 4 members (excludes halogenated alkanes) is 5. The summed E-state index contributed by atoms with van der Waals surface area (Å²) in [6, 6.07) is 0. The van der Waals surface area contributed by atoms with Gasteiger partial charge in [0.25, 0.3) is 0 Å². The summed E-state index contributed by atoms with van der Waals surface area (Å²) >= 11 is 0. The number of ether oxygens (including phenoxy) is 1. The molecule has 0 bridgehead atoms. The van der Waals surface area contributed by atoms with Gasteiger partial charge in [0.2, 0.25) is 0 Å². The van der Waals surface area contributed by atoms with Crippen LogP contribution < -0.4 is 0 Å². The number of rotatable bonds is 9. The average molecular weight is 344 g/mol. The molecule has 12 heteroatoms. The molecule has 0 heterocycles. The molecular weight excluding hydrogens is 327 g/mol. The van der Waals surface area contributed by atoms with Crippen LogP contribution in [0.5, 0.6) is 0 Å². The Hall–Kier alpha value is -1.33. The van der Waals surface area contributed by atoms with Crippen molar-refractivity contribution in [2.45, 2.75) is 45.4 Å². The van der Waals surface area contributed by atoms with Crippen LogP contribution in [0.15, 0.2) is 0 Å². The van der Waals surface area contributed by atoms with E-state index in [-0.39, 0.29) is 6.42 Å². The molecule has 6 nitrogen and oxygen atoms in total. The minimum absolute atomic E-state index is 0.140. The van der Waals surface area contributed by atoms with E-state index >= 15 is 0 Å². The fourth-order valence-electron chi connectivity index (χ4n) is 1.43. The van der Waals surface area contributed by atoms with Crippen LogP contribution in [0.1, 0.15) is 45.4 Å². The van der Waals surface area contributed by atoms with Crippen LogP contribution in [0.2, 0.25) is 0 Å². The maximum absolute atomic E-state index is 12.3. The highest BCUT2D eigenvalue weighted by molar-refractivity contribution is 8.44. The molecule has 0 saturated carbocycles. The zero-order valence-electron chi connectivity index (χ0n) is 11.3. The molecule has 0 radical (unpaired) electrons. The zero-order chi connectivity index (χ0) is 16.8.